The van der Waals surface area contributed by atoms with Crippen LogP contribution in [0.4, 0.5) is 0 Å². The van der Waals surface area contributed by atoms with E-state index in [0.717, 1.165) is 25.1 Å². The summed E-state index contributed by atoms with van der Waals surface area (Å²) in [6.07, 6.45) is 5.82. The van der Waals surface area contributed by atoms with E-state index in [9.17, 15) is 8.42 Å². The molecule has 100 valence electrons. The van der Waals surface area contributed by atoms with Gasteiger partial charge in [-0.25, -0.2) is 8.42 Å². The molecule has 1 atom stereocenters. The highest BCUT2D eigenvalue weighted by molar-refractivity contribution is 8.00. The van der Waals surface area contributed by atoms with Gasteiger partial charge < -0.3 is 5.73 Å². The second-order valence-corrected chi connectivity index (χ2v) is 8.54. The third-order valence-electron chi connectivity index (χ3n) is 4.10. The molecule has 2 rings (SSSR count). The summed E-state index contributed by atoms with van der Waals surface area (Å²) >= 11 is 1.74. The van der Waals surface area contributed by atoms with Crippen molar-refractivity contribution in [2.75, 3.05) is 30.9 Å². The van der Waals surface area contributed by atoms with E-state index in [2.05, 4.69) is 4.90 Å². The molecule has 1 aliphatic heterocycles. The minimum Gasteiger partial charge on any atom is -0.329 e. The summed E-state index contributed by atoms with van der Waals surface area (Å²) in [5.74, 6) is 1.72. The Morgan fingerprint density at radius 3 is 2.59 bits per heavy atom. The zero-order valence-electron chi connectivity index (χ0n) is 10.4. The first-order valence-electron chi connectivity index (χ1n) is 6.23. The number of rotatable bonds is 3. The molecule has 2 N–H and O–H groups in total. The zero-order chi connectivity index (χ0) is 12.5. The summed E-state index contributed by atoms with van der Waals surface area (Å²) < 4.78 is 23.8. The van der Waals surface area contributed by atoms with E-state index < -0.39 is 9.84 Å². The molecule has 0 aromatic carbocycles. The van der Waals surface area contributed by atoms with Crippen LogP contribution in [-0.2, 0) is 9.84 Å². The van der Waals surface area contributed by atoms with E-state index in [1.165, 1.54) is 19.1 Å². The van der Waals surface area contributed by atoms with Gasteiger partial charge in [-0.1, -0.05) is 12.8 Å². The molecular weight excluding hydrogens is 256 g/mol. The van der Waals surface area contributed by atoms with Gasteiger partial charge >= 0.3 is 0 Å². The van der Waals surface area contributed by atoms with Crippen LogP contribution >= 0.6 is 11.8 Å². The molecular formula is C11H22N2O2S2. The van der Waals surface area contributed by atoms with Crippen molar-refractivity contribution in [3.8, 4) is 0 Å². The number of hydrogen-bond donors (Lipinski definition) is 1. The van der Waals surface area contributed by atoms with Gasteiger partial charge in [0, 0.05) is 36.4 Å². The van der Waals surface area contributed by atoms with Crippen LogP contribution in [-0.4, -0.2) is 55.1 Å². The first kappa shape index (κ1) is 13.6. The molecule has 17 heavy (non-hydrogen) atoms. The SMILES string of the molecule is CS(=O)(=O)C1CSCCN1C1(CN)CCCC1. The van der Waals surface area contributed by atoms with Gasteiger partial charge in [-0.3, -0.25) is 4.90 Å². The summed E-state index contributed by atoms with van der Waals surface area (Å²) in [5, 5.41) is -0.331. The predicted molar refractivity (Wildman–Crippen MR) is 72.9 cm³/mol. The summed E-state index contributed by atoms with van der Waals surface area (Å²) in [6.45, 7) is 1.45. The lowest BCUT2D eigenvalue weighted by Crippen LogP contribution is -2.61. The van der Waals surface area contributed by atoms with Crippen molar-refractivity contribution in [1.29, 1.82) is 0 Å². The first-order valence-corrected chi connectivity index (χ1v) is 9.34. The van der Waals surface area contributed by atoms with Crippen molar-refractivity contribution < 1.29 is 8.42 Å². The van der Waals surface area contributed by atoms with Gasteiger partial charge in [0.15, 0.2) is 9.84 Å². The summed E-state index contributed by atoms with van der Waals surface area (Å²) in [6, 6.07) is 0. The van der Waals surface area contributed by atoms with Crippen molar-refractivity contribution in [2.24, 2.45) is 5.73 Å². The van der Waals surface area contributed by atoms with Crippen LogP contribution in [0.15, 0.2) is 0 Å². The maximum absolute atomic E-state index is 11.9. The van der Waals surface area contributed by atoms with Crippen molar-refractivity contribution in [3.63, 3.8) is 0 Å². The Kier molecular flexibility index (Phi) is 4.07. The molecule has 2 aliphatic rings. The molecule has 1 aliphatic carbocycles. The molecule has 0 amide bonds. The second-order valence-electron chi connectivity index (χ2n) is 5.19. The normalized spacial score (nSPS) is 30.6. The van der Waals surface area contributed by atoms with Gasteiger partial charge in [0.1, 0.15) is 5.37 Å². The molecule has 0 spiro atoms. The number of thioether (sulfide) groups is 1. The molecule has 1 heterocycles. The van der Waals surface area contributed by atoms with Gasteiger partial charge in [-0.2, -0.15) is 11.8 Å². The van der Waals surface area contributed by atoms with Crippen molar-refractivity contribution in [3.05, 3.63) is 0 Å². The summed E-state index contributed by atoms with van der Waals surface area (Å²) in [5.41, 5.74) is 5.91. The largest absolute Gasteiger partial charge is 0.329 e. The van der Waals surface area contributed by atoms with E-state index >= 15 is 0 Å². The smallest absolute Gasteiger partial charge is 0.164 e. The molecule has 0 aromatic heterocycles. The molecule has 4 nitrogen and oxygen atoms in total. The van der Waals surface area contributed by atoms with Gasteiger partial charge in [-0.05, 0) is 12.8 Å². The van der Waals surface area contributed by atoms with Crippen LogP contribution in [0.5, 0.6) is 0 Å². The minimum atomic E-state index is -3.01. The fraction of sp³-hybridized carbons (Fsp3) is 1.00. The zero-order valence-corrected chi connectivity index (χ0v) is 12.0. The lowest BCUT2D eigenvalue weighted by Gasteiger charge is -2.46. The van der Waals surface area contributed by atoms with E-state index in [1.807, 2.05) is 0 Å². The fourth-order valence-electron chi connectivity index (χ4n) is 3.12. The van der Waals surface area contributed by atoms with Crippen molar-refractivity contribution in [1.82, 2.24) is 4.90 Å². The van der Waals surface area contributed by atoms with E-state index in [4.69, 9.17) is 5.73 Å². The number of nitrogens with zero attached hydrogens (tertiary/aromatic N) is 1. The first-order chi connectivity index (χ1) is 7.99. The average Bonchev–Trinajstić information content (AvgIpc) is 2.78. The van der Waals surface area contributed by atoms with Crippen molar-refractivity contribution >= 4 is 21.6 Å². The molecule has 1 saturated heterocycles. The van der Waals surface area contributed by atoms with Crippen LogP contribution in [0.3, 0.4) is 0 Å². The Labute approximate surface area is 108 Å². The number of sulfone groups is 1. The van der Waals surface area contributed by atoms with E-state index in [0.29, 0.717) is 12.3 Å². The van der Waals surface area contributed by atoms with Crippen LogP contribution in [0, 0.1) is 0 Å². The summed E-state index contributed by atoms with van der Waals surface area (Å²) in [7, 11) is -3.01. The Hall–Kier alpha value is 0.220. The summed E-state index contributed by atoms with van der Waals surface area (Å²) in [4.78, 5) is 2.20. The molecule has 1 saturated carbocycles. The highest BCUT2D eigenvalue weighted by Crippen LogP contribution is 2.38. The molecule has 1 unspecified atom stereocenters. The Morgan fingerprint density at radius 2 is 2.06 bits per heavy atom. The van der Waals surface area contributed by atoms with Gasteiger partial charge in [0.25, 0.3) is 0 Å². The Bertz CT molecular complexity index is 364. The predicted octanol–water partition coefficient (Wildman–Crippen LogP) is 0.677. The van der Waals surface area contributed by atoms with E-state index in [-0.39, 0.29) is 10.9 Å². The Morgan fingerprint density at radius 1 is 1.41 bits per heavy atom. The highest BCUT2D eigenvalue weighted by Gasteiger charge is 2.45. The maximum Gasteiger partial charge on any atom is 0.164 e. The third-order valence-corrected chi connectivity index (χ3v) is 6.75. The number of nitrogens with two attached hydrogens (primary N) is 1. The second kappa shape index (κ2) is 5.07. The monoisotopic (exact) mass is 278 g/mol. The van der Waals surface area contributed by atoms with Crippen LogP contribution in [0.1, 0.15) is 25.7 Å². The average molecular weight is 278 g/mol. The van der Waals surface area contributed by atoms with Gasteiger partial charge in [-0.15, -0.1) is 0 Å². The fourth-order valence-corrected chi connectivity index (χ4v) is 6.06. The van der Waals surface area contributed by atoms with Crippen LogP contribution < -0.4 is 5.73 Å². The molecule has 2 fully saturated rings. The lowest BCUT2D eigenvalue weighted by molar-refractivity contribution is 0.0948. The standard InChI is InChI=1S/C11H22N2O2S2/c1-17(14,15)10-8-16-7-6-13(10)11(9-12)4-2-3-5-11/h10H,2-9,12H2,1H3. The molecule has 0 radical (unpaired) electrons. The molecule has 6 heteroatoms. The molecule has 0 bridgehead atoms. The van der Waals surface area contributed by atoms with E-state index in [1.54, 1.807) is 11.8 Å². The third kappa shape index (κ3) is 2.64. The topological polar surface area (TPSA) is 63.4 Å². The van der Waals surface area contributed by atoms with Gasteiger partial charge in [0.05, 0.1) is 0 Å². The number of hydrogen-bond acceptors (Lipinski definition) is 5. The molecule has 0 aromatic rings. The van der Waals surface area contributed by atoms with Gasteiger partial charge in [0.2, 0.25) is 0 Å². The van der Waals surface area contributed by atoms with Crippen LogP contribution in [0.25, 0.3) is 0 Å². The Balaban J connectivity index is 2.27. The minimum absolute atomic E-state index is 0.0469. The highest BCUT2D eigenvalue weighted by atomic mass is 32.2. The quantitative estimate of drug-likeness (QED) is 0.822. The lowest BCUT2D eigenvalue weighted by atomic mass is 9.95. The maximum atomic E-state index is 11.9. The van der Waals surface area contributed by atoms with Crippen LogP contribution in [0.2, 0.25) is 0 Å². The van der Waals surface area contributed by atoms with Crippen molar-refractivity contribution in [2.45, 2.75) is 36.6 Å².